The van der Waals surface area contributed by atoms with Crippen LogP contribution in [0.15, 0.2) is 6.20 Å². The molecule has 0 aliphatic rings. The van der Waals surface area contributed by atoms with E-state index in [-0.39, 0.29) is 5.92 Å². The lowest BCUT2D eigenvalue weighted by Gasteiger charge is -2.03. The molecule has 2 N–H and O–H groups in total. The minimum absolute atomic E-state index is 0.287. The van der Waals surface area contributed by atoms with Crippen LogP contribution in [0.3, 0.4) is 0 Å². The van der Waals surface area contributed by atoms with Gasteiger partial charge >= 0.3 is 0 Å². The van der Waals surface area contributed by atoms with Gasteiger partial charge in [0.2, 0.25) is 0 Å². The molecule has 0 saturated carbocycles. The van der Waals surface area contributed by atoms with Gasteiger partial charge in [0.05, 0.1) is 6.20 Å². The summed E-state index contributed by atoms with van der Waals surface area (Å²) in [6, 6.07) is 0. The molecule has 1 aromatic heterocycles. The standard InChI is InChI=1S/C7H10ClN3/c1-4(2)7-10-3-5(8)6(9)11-7/h3-4H,1-2H3,(H2,9,10,11). The zero-order valence-electron chi connectivity index (χ0n) is 6.50. The molecule has 0 atom stereocenters. The van der Waals surface area contributed by atoms with Crippen LogP contribution in [0.5, 0.6) is 0 Å². The van der Waals surface area contributed by atoms with Crippen molar-refractivity contribution in [2.45, 2.75) is 19.8 Å². The van der Waals surface area contributed by atoms with E-state index in [1.807, 2.05) is 13.8 Å². The highest BCUT2D eigenvalue weighted by Crippen LogP contribution is 2.16. The summed E-state index contributed by atoms with van der Waals surface area (Å²) in [5.41, 5.74) is 5.48. The second-order valence-electron chi connectivity index (χ2n) is 2.62. The van der Waals surface area contributed by atoms with Crippen molar-refractivity contribution in [3.63, 3.8) is 0 Å². The Morgan fingerprint density at radius 1 is 1.55 bits per heavy atom. The van der Waals surface area contributed by atoms with Crippen molar-refractivity contribution >= 4 is 17.4 Å². The Labute approximate surface area is 70.6 Å². The molecule has 1 heterocycles. The molecule has 1 aromatic rings. The first kappa shape index (κ1) is 8.27. The summed E-state index contributed by atoms with van der Waals surface area (Å²) in [7, 11) is 0. The van der Waals surface area contributed by atoms with Crippen molar-refractivity contribution in [3.8, 4) is 0 Å². The van der Waals surface area contributed by atoms with Crippen LogP contribution in [-0.4, -0.2) is 9.97 Å². The molecule has 4 heteroatoms. The fourth-order valence-electron chi connectivity index (χ4n) is 0.673. The van der Waals surface area contributed by atoms with Crippen LogP contribution in [0.2, 0.25) is 5.02 Å². The smallest absolute Gasteiger partial charge is 0.145 e. The van der Waals surface area contributed by atoms with Crippen LogP contribution in [0, 0.1) is 0 Å². The number of halogens is 1. The first-order valence-electron chi connectivity index (χ1n) is 3.39. The van der Waals surface area contributed by atoms with Crippen LogP contribution in [0.4, 0.5) is 5.82 Å². The maximum absolute atomic E-state index is 5.64. The van der Waals surface area contributed by atoms with Crippen molar-refractivity contribution in [3.05, 3.63) is 17.0 Å². The molecule has 0 bridgehead atoms. The van der Waals surface area contributed by atoms with Gasteiger partial charge in [-0.1, -0.05) is 25.4 Å². The second-order valence-corrected chi connectivity index (χ2v) is 3.02. The lowest BCUT2D eigenvalue weighted by atomic mass is 10.2. The Bertz CT molecular complexity index is 260. The highest BCUT2D eigenvalue weighted by molar-refractivity contribution is 6.32. The number of hydrogen-bond acceptors (Lipinski definition) is 3. The number of nitrogens with zero attached hydrogens (tertiary/aromatic N) is 2. The van der Waals surface area contributed by atoms with Gasteiger partial charge in [-0.3, -0.25) is 0 Å². The topological polar surface area (TPSA) is 51.8 Å². The third kappa shape index (κ3) is 1.80. The van der Waals surface area contributed by atoms with E-state index in [0.29, 0.717) is 10.8 Å². The predicted octanol–water partition coefficient (Wildman–Crippen LogP) is 1.84. The van der Waals surface area contributed by atoms with E-state index in [9.17, 15) is 0 Å². The van der Waals surface area contributed by atoms with E-state index in [1.54, 1.807) is 0 Å². The maximum Gasteiger partial charge on any atom is 0.145 e. The second kappa shape index (κ2) is 3.05. The fraction of sp³-hybridized carbons (Fsp3) is 0.429. The quantitative estimate of drug-likeness (QED) is 0.702. The Morgan fingerprint density at radius 3 is 2.64 bits per heavy atom. The van der Waals surface area contributed by atoms with E-state index >= 15 is 0 Å². The molecule has 0 aliphatic carbocycles. The molecule has 0 fully saturated rings. The maximum atomic E-state index is 5.64. The summed E-state index contributed by atoms with van der Waals surface area (Å²) < 4.78 is 0. The summed E-state index contributed by atoms with van der Waals surface area (Å²) in [4.78, 5) is 8.02. The van der Waals surface area contributed by atoms with Gasteiger partial charge in [-0.2, -0.15) is 0 Å². The molecular formula is C7H10ClN3. The van der Waals surface area contributed by atoms with Gasteiger partial charge in [-0.15, -0.1) is 0 Å². The van der Waals surface area contributed by atoms with Crippen LogP contribution < -0.4 is 5.73 Å². The summed E-state index contributed by atoms with van der Waals surface area (Å²) >= 11 is 5.64. The van der Waals surface area contributed by atoms with Gasteiger partial charge < -0.3 is 5.73 Å². The minimum Gasteiger partial charge on any atom is -0.382 e. The Kier molecular flexibility index (Phi) is 2.29. The summed E-state index contributed by atoms with van der Waals surface area (Å²) in [6.45, 7) is 4.01. The number of rotatable bonds is 1. The number of anilines is 1. The first-order valence-corrected chi connectivity index (χ1v) is 3.77. The molecule has 0 aromatic carbocycles. The fourth-order valence-corrected chi connectivity index (χ4v) is 0.764. The van der Waals surface area contributed by atoms with Crippen LogP contribution >= 0.6 is 11.6 Å². The molecule has 3 nitrogen and oxygen atoms in total. The van der Waals surface area contributed by atoms with E-state index in [0.717, 1.165) is 5.82 Å². The lowest BCUT2D eigenvalue weighted by molar-refractivity contribution is 0.777. The zero-order chi connectivity index (χ0) is 8.43. The number of aromatic nitrogens is 2. The molecule has 1 rings (SSSR count). The predicted molar refractivity (Wildman–Crippen MR) is 45.5 cm³/mol. The van der Waals surface area contributed by atoms with Gasteiger partial charge in [0.15, 0.2) is 0 Å². The molecule has 0 aliphatic heterocycles. The van der Waals surface area contributed by atoms with Crippen molar-refractivity contribution < 1.29 is 0 Å². The van der Waals surface area contributed by atoms with E-state index in [1.165, 1.54) is 6.20 Å². The van der Waals surface area contributed by atoms with Crippen molar-refractivity contribution in [1.29, 1.82) is 0 Å². The molecule has 0 amide bonds. The SMILES string of the molecule is CC(C)c1ncc(Cl)c(N)n1. The molecule has 0 radical (unpaired) electrons. The van der Waals surface area contributed by atoms with Gasteiger partial charge in [0.25, 0.3) is 0 Å². The van der Waals surface area contributed by atoms with Gasteiger partial charge in [0.1, 0.15) is 16.7 Å². The molecule has 0 spiro atoms. The largest absolute Gasteiger partial charge is 0.382 e. The van der Waals surface area contributed by atoms with Crippen LogP contribution in [0.25, 0.3) is 0 Å². The highest BCUT2D eigenvalue weighted by atomic mass is 35.5. The van der Waals surface area contributed by atoms with Crippen LogP contribution in [0.1, 0.15) is 25.6 Å². The summed E-state index contributed by atoms with van der Waals surface area (Å²) in [5, 5.41) is 0.411. The first-order chi connectivity index (χ1) is 5.11. The van der Waals surface area contributed by atoms with Gasteiger partial charge in [0, 0.05) is 5.92 Å². The normalized spacial score (nSPS) is 10.5. The minimum atomic E-state index is 0.287. The average Bonchev–Trinajstić information content (AvgIpc) is 1.94. The number of hydrogen-bond donors (Lipinski definition) is 1. The summed E-state index contributed by atoms with van der Waals surface area (Å²) in [5.74, 6) is 1.37. The van der Waals surface area contributed by atoms with E-state index < -0.39 is 0 Å². The lowest BCUT2D eigenvalue weighted by Crippen LogP contribution is -2.01. The Balaban J connectivity index is 3.05. The molecule has 60 valence electrons. The molecule has 0 saturated heterocycles. The monoisotopic (exact) mass is 171 g/mol. The summed E-state index contributed by atoms with van der Waals surface area (Å²) in [6.07, 6.45) is 1.53. The van der Waals surface area contributed by atoms with E-state index in [2.05, 4.69) is 9.97 Å². The molecule has 11 heavy (non-hydrogen) atoms. The number of nitrogens with two attached hydrogens (primary N) is 1. The van der Waals surface area contributed by atoms with Crippen LogP contribution in [-0.2, 0) is 0 Å². The third-order valence-electron chi connectivity index (χ3n) is 1.31. The molecule has 0 unspecified atom stereocenters. The van der Waals surface area contributed by atoms with Crippen molar-refractivity contribution in [2.24, 2.45) is 0 Å². The Morgan fingerprint density at radius 2 is 2.18 bits per heavy atom. The van der Waals surface area contributed by atoms with Gasteiger partial charge in [-0.05, 0) is 0 Å². The van der Waals surface area contributed by atoms with Gasteiger partial charge in [-0.25, -0.2) is 9.97 Å². The zero-order valence-corrected chi connectivity index (χ0v) is 7.26. The van der Waals surface area contributed by atoms with E-state index in [4.69, 9.17) is 17.3 Å². The molecular weight excluding hydrogens is 162 g/mol. The van der Waals surface area contributed by atoms with Crippen molar-refractivity contribution in [1.82, 2.24) is 9.97 Å². The van der Waals surface area contributed by atoms with Crippen molar-refractivity contribution in [2.75, 3.05) is 5.73 Å². The highest BCUT2D eigenvalue weighted by Gasteiger charge is 2.04. The number of nitrogen functional groups attached to an aromatic ring is 1. The third-order valence-corrected chi connectivity index (χ3v) is 1.60. The Hall–Kier alpha value is -0.830. The average molecular weight is 172 g/mol.